The van der Waals surface area contributed by atoms with E-state index in [0.29, 0.717) is 0 Å². The Morgan fingerprint density at radius 1 is 1.00 bits per heavy atom. The van der Waals surface area contributed by atoms with Gasteiger partial charge in [-0.3, -0.25) is 9.59 Å². The van der Waals surface area contributed by atoms with Crippen molar-refractivity contribution in [3.63, 3.8) is 0 Å². The van der Waals surface area contributed by atoms with Gasteiger partial charge in [-0.25, -0.2) is 4.79 Å². The molecule has 1 rings (SSSR count). The van der Waals surface area contributed by atoms with Crippen molar-refractivity contribution in [2.24, 2.45) is 5.92 Å². The maximum absolute atomic E-state index is 13.9. The number of carbonyl (C=O) groups is 3. The monoisotopic (exact) mass is 475 g/mol. The van der Waals surface area contributed by atoms with Crippen molar-refractivity contribution in [1.29, 1.82) is 0 Å². The molecule has 2 N–H and O–H groups in total. The van der Waals surface area contributed by atoms with E-state index in [2.05, 4.69) is 17.6 Å². The largest absolute Gasteiger partial charge is 0.444 e. The van der Waals surface area contributed by atoms with Crippen molar-refractivity contribution in [1.82, 2.24) is 15.5 Å². The Morgan fingerprint density at radius 2 is 1.59 bits per heavy atom. The minimum Gasteiger partial charge on any atom is -0.444 e. The van der Waals surface area contributed by atoms with E-state index in [1.165, 1.54) is 0 Å². The molecule has 0 spiro atoms. The van der Waals surface area contributed by atoms with Crippen molar-refractivity contribution in [2.75, 3.05) is 0 Å². The molecule has 1 aromatic carbocycles. The summed E-state index contributed by atoms with van der Waals surface area (Å²) >= 11 is 0. The van der Waals surface area contributed by atoms with Gasteiger partial charge in [0.1, 0.15) is 17.7 Å². The van der Waals surface area contributed by atoms with Gasteiger partial charge in [-0.05, 0) is 71.9 Å². The van der Waals surface area contributed by atoms with Crippen molar-refractivity contribution in [3.8, 4) is 0 Å². The molecule has 3 atom stereocenters. The molecule has 0 aliphatic carbocycles. The van der Waals surface area contributed by atoms with Crippen LogP contribution in [0.25, 0.3) is 0 Å². The fraction of sp³-hybridized carbons (Fsp3) is 0.667. The summed E-state index contributed by atoms with van der Waals surface area (Å²) in [4.78, 5) is 41.7. The molecule has 0 heterocycles. The molecule has 1 aromatic rings. The van der Waals surface area contributed by atoms with Gasteiger partial charge in [0.15, 0.2) is 0 Å². The molecular weight excluding hydrogens is 430 g/mol. The third kappa shape index (κ3) is 8.65. The van der Waals surface area contributed by atoms with E-state index in [-0.39, 0.29) is 29.8 Å². The maximum Gasteiger partial charge on any atom is 0.408 e. The quantitative estimate of drug-likeness (QED) is 0.491. The van der Waals surface area contributed by atoms with Crippen molar-refractivity contribution >= 4 is 17.9 Å². The van der Waals surface area contributed by atoms with E-state index in [9.17, 15) is 14.4 Å². The molecular formula is C27H45N3O4. The van der Waals surface area contributed by atoms with E-state index in [0.717, 1.165) is 24.0 Å². The highest BCUT2D eigenvalue weighted by molar-refractivity contribution is 5.92. The van der Waals surface area contributed by atoms with Gasteiger partial charge >= 0.3 is 6.09 Å². The van der Waals surface area contributed by atoms with Crippen LogP contribution in [0.15, 0.2) is 24.3 Å². The Morgan fingerprint density at radius 3 is 2.06 bits per heavy atom. The van der Waals surface area contributed by atoms with Gasteiger partial charge in [0.05, 0.1) is 0 Å². The number of nitrogens with one attached hydrogen (secondary N) is 2. The van der Waals surface area contributed by atoms with Crippen LogP contribution >= 0.6 is 0 Å². The number of rotatable bonds is 10. The van der Waals surface area contributed by atoms with Crippen molar-refractivity contribution in [3.05, 3.63) is 35.4 Å². The number of carbonyl (C=O) groups excluding carboxylic acids is 3. The Balaban J connectivity index is 3.45. The number of hydrogen-bond acceptors (Lipinski definition) is 4. The van der Waals surface area contributed by atoms with Crippen LogP contribution in [-0.4, -0.2) is 46.5 Å². The van der Waals surface area contributed by atoms with Gasteiger partial charge in [-0.2, -0.15) is 0 Å². The van der Waals surface area contributed by atoms with Crippen LogP contribution in [0.5, 0.6) is 0 Å². The topological polar surface area (TPSA) is 87.7 Å². The Kier molecular flexibility index (Phi) is 11.1. The van der Waals surface area contributed by atoms with E-state index in [1.54, 1.807) is 25.7 Å². The average Bonchev–Trinajstić information content (AvgIpc) is 2.68. The van der Waals surface area contributed by atoms with Gasteiger partial charge in [0.2, 0.25) is 11.8 Å². The van der Waals surface area contributed by atoms with Crippen LogP contribution in [0.3, 0.4) is 0 Å². The summed E-state index contributed by atoms with van der Waals surface area (Å²) in [6, 6.07) is 5.64. The summed E-state index contributed by atoms with van der Waals surface area (Å²) < 4.78 is 5.40. The zero-order chi connectivity index (χ0) is 26.2. The molecule has 0 aromatic heterocycles. The molecule has 0 radical (unpaired) electrons. The summed E-state index contributed by atoms with van der Waals surface area (Å²) in [6.07, 6.45) is 1.13. The highest BCUT2D eigenvalue weighted by Crippen LogP contribution is 2.28. The highest BCUT2D eigenvalue weighted by atomic mass is 16.6. The minimum absolute atomic E-state index is 0.0195. The van der Waals surface area contributed by atoms with Gasteiger partial charge in [0, 0.05) is 12.1 Å². The molecule has 3 amide bonds. The van der Waals surface area contributed by atoms with Crippen LogP contribution in [-0.2, 0) is 14.3 Å². The summed E-state index contributed by atoms with van der Waals surface area (Å²) in [5.74, 6) is -0.750. The second kappa shape index (κ2) is 12.8. The maximum atomic E-state index is 13.9. The fourth-order valence-electron chi connectivity index (χ4n) is 3.93. The molecule has 192 valence electrons. The number of alkyl carbamates (subject to hydrolysis) is 1. The molecule has 0 saturated carbocycles. The first-order chi connectivity index (χ1) is 15.7. The lowest BCUT2D eigenvalue weighted by Crippen LogP contribution is -2.57. The molecule has 0 aliphatic heterocycles. The Bertz CT molecular complexity index is 829. The average molecular weight is 476 g/mol. The van der Waals surface area contributed by atoms with Gasteiger partial charge < -0.3 is 20.3 Å². The summed E-state index contributed by atoms with van der Waals surface area (Å²) in [7, 11) is 0. The van der Waals surface area contributed by atoms with E-state index in [4.69, 9.17) is 4.74 Å². The standard InChI is InChI=1S/C27H45N3O4/c1-11-14-20(7)28-24(31)23(21-16-13-12-15-19(21)6)30(18(4)5)25(32)22(17(2)3)29-26(33)34-27(8,9)10/h12-13,15-18,20,22-23H,11,14H2,1-10H3,(H,28,31)(H,29,33). The first kappa shape index (κ1) is 29.5. The van der Waals surface area contributed by atoms with Crippen LogP contribution in [0.1, 0.15) is 92.3 Å². The third-order valence-electron chi connectivity index (χ3n) is 5.54. The molecule has 7 heteroatoms. The number of aryl methyl sites for hydroxylation is 1. The predicted octanol–water partition coefficient (Wildman–Crippen LogP) is 5.13. The summed E-state index contributed by atoms with van der Waals surface area (Å²) in [6.45, 7) is 18.8. The number of nitrogens with zero attached hydrogens (tertiary/aromatic N) is 1. The lowest BCUT2D eigenvalue weighted by atomic mass is 9.95. The molecule has 34 heavy (non-hydrogen) atoms. The summed E-state index contributed by atoms with van der Waals surface area (Å²) in [5.41, 5.74) is 1.00. The molecule has 7 nitrogen and oxygen atoms in total. The Labute approximate surface area is 206 Å². The first-order valence-corrected chi connectivity index (χ1v) is 12.4. The van der Waals surface area contributed by atoms with Gasteiger partial charge in [-0.1, -0.05) is 51.5 Å². The number of benzene rings is 1. The van der Waals surface area contributed by atoms with Crippen LogP contribution in [0, 0.1) is 12.8 Å². The molecule has 0 fully saturated rings. The number of hydrogen-bond donors (Lipinski definition) is 2. The van der Waals surface area contributed by atoms with E-state index in [1.807, 2.05) is 65.8 Å². The molecule has 3 unspecified atom stereocenters. The first-order valence-electron chi connectivity index (χ1n) is 12.4. The second-order valence-corrected chi connectivity index (χ2v) is 10.7. The summed E-state index contributed by atoms with van der Waals surface area (Å²) in [5, 5.41) is 5.84. The van der Waals surface area contributed by atoms with Gasteiger partial charge in [0.25, 0.3) is 0 Å². The molecule has 0 bridgehead atoms. The lowest BCUT2D eigenvalue weighted by Gasteiger charge is -2.39. The lowest BCUT2D eigenvalue weighted by molar-refractivity contribution is -0.145. The van der Waals surface area contributed by atoms with Gasteiger partial charge in [-0.15, -0.1) is 0 Å². The molecule has 0 aliphatic rings. The zero-order valence-electron chi connectivity index (χ0n) is 22.7. The Hall–Kier alpha value is -2.57. The van der Waals surface area contributed by atoms with E-state index < -0.39 is 23.8 Å². The van der Waals surface area contributed by atoms with Crippen LogP contribution in [0.4, 0.5) is 4.79 Å². The van der Waals surface area contributed by atoms with Crippen molar-refractivity contribution < 1.29 is 19.1 Å². The third-order valence-corrected chi connectivity index (χ3v) is 5.54. The van der Waals surface area contributed by atoms with Crippen LogP contribution < -0.4 is 10.6 Å². The zero-order valence-corrected chi connectivity index (χ0v) is 22.7. The number of ether oxygens (including phenoxy) is 1. The highest BCUT2D eigenvalue weighted by Gasteiger charge is 2.39. The predicted molar refractivity (Wildman–Crippen MR) is 136 cm³/mol. The second-order valence-electron chi connectivity index (χ2n) is 10.7. The fourth-order valence-corrected chi connectivity index (χ4v) is 3.93. The minimum atomic E-state index is -0.843. The van der Waals surface area contributed by atoms with Crippen LogP contribution in [0.2, 0.25) is 0 Å². The molecule has 0 saturated heterocycles. The van der Waals surface area contributed by atoms with Crippen molar-refractivity contribution in [2.45, 2.75) is 112 Å². The van der Waals surface area contributed by atoms with E-state index >= 15 is 0 Å². The number of amides is 3. The smallest absolute Gasteiger partial charge is 0.408 e. The SMILES string of the molecule is CCCC(C)NC(=O)C(c1ccccc1C)N(C(=O)C(NC(=O)OC(C)(C)C)C(C)C)C(C)C. The normalized spacial score (nSPS) is 14.4.